The lowest BCUT2D eigenvalue weighted by atomic mass is 10.1. The van der Waals surface area contributed by atoms with E-state index in [1.807, 2.05) is 0 Å². The van der Waals surface area contributed by atoms with Crippen LogP contribution in [0.4, 0.5) is 13.2 Å². The lowest BCUT2D eigenvalue weighted by Gasteiger charge is -2.16. The maximum absolute atomic E-state index is 12.7. The van der Waals surface area contributed by atoms with Gasteiger partial charge in [0.1, 0.15) is 0 Å². The van der Waals surface area contributed by atoms with Crippen LogP contribution in [0.2, 0.25) is 5.02 Å². The second kappa shape index (κ2) is 6.51. The quantitative estimate of drug-likeness (QED) is 0.875. The number of nitrogens with one attached hydrogen (secondary N) is 1. The first-order valence-electron chi connectivity index (χ1n) is 6.54. The molecule has 3 nitrogen and oxygen atoms in total. The Kier molecular flexibility index (Phi) is 5.03. The van der Waals surface area contributed by atoms with Crippen molar-refractivity contribution in [3.8, 4) is 0 Å². The predicted molar refractivity (Wildman–Crippen MR) is 81.6 cm³/mol. The third kappa shape index (κ3) is 4.46. The minimum Gasteiger partial charge on any atom is -0.207 e. The maximum Gasteiger partial charge on any atom is 0.416 e. The van der Waals surface area contributed by atoms with E-state index in [1.165, 1.54) is 43.3 Å². The van der Waals surface area contributed by atoms with Gasteiger partial charge < -0.3 is 0 Å². The van der Waals surface area contributed by atoms with Crippen LogP contribution in [0, 0.1) is 0 Å². The van der Waals surface area contributed by atoms with Crippen LogP contribution in [-0.2, 0) is 16.2 Å². The van der Waals surface area contributed by atoms with Gasteiger partial charge in [0.25, 0.3) is 0 Å². The van der Waals surface area contributed by atoms with E-state index in [4.69, 9.17) is 11.6 Å². The van der Waals surface area contributed by atoms with Gasteiger partial charge in [-0.2, -0.15) is 13.2 Å². The van der Waals surface area contributed by atoms with Gasteiger partial charge in [0, 0.05) is 11.1 Å². The molecule has 0 aliphatic heterocycles. The van der Waals surface area contributed by atoms with Gasteiger partial charge in [-0.05, 0) is 42.8 Å². The lowest BCUT2D eigenvalue weighted by molar-refractivity contribution is -0.137. The van der Waals surface area contributed by atoms with E-state index in [0.717, 1.165) is 12.1 Å². The molecule has 0 aromatic heterocycles. The first kappa shape index (κ1) is 17.8. The third-order valence-electron chi connectivity index (χ3n) is 3.15. The Hall–Kier alpha value is -1.57. The second-order valence-corrected chi connectivity index (χ2v) is 7.07. The average Bonchev–Trinajstić information content (AvgIpc) is 2.46. The van der Waals surface area contributed by atoms with Crippen molar-refractivity contribution < 1.29 is 21.6 Å². The summed E-state index contributed by atoms with van der Waals surface area (Å²) in [5.41, 5.74) is -0.616. The molecule has 0 amide bonds. The molecule has 23 heavy (non-hydrogen) atoms. The molecule has 0 spiro atoms. The Bertz CT molecular complexity index is 806. The van der Waals surface area contributed by atoms with E-state index in [2.05, 4.69) is 4.72 Å². The molecule has 1 N–H and O–H groups in total. The molecule has 2 rings (SSSR count). The molecule has 0 bridgehead atoms. The summed E-state index contributed by atoms with van der Waals surface area (Å²) < 4.78 is 65.0. The number of rotatable bonds is 4. The van der Waals surface area contributed by atoms with E-state index in [0.29, 0.717) is 0 Å². The molecule has 0 aliphatic carbocycles. The molecule has 124 valence electrons. The highest BCUT2D eigenvalue weighted by molar-refractivity contribution is 7.89. The Morgan fingerprint density at radius 1 is 1.09 bits per heavy atom. The van der Waals surface area contributed by atoms with Crippen molar-refractivity contribution >= 4 is 21.6 Å². The SMILES string of the molecule is C[C@H](NS(=O)(=O)c1cccc(Cl)c1)c1cccc(C(F)(F)F)c1. The Labute approximate surface area is 137 Å². The summed E-state index contributed by atoms with van der Waals surface area (Å²) >= 11 is 5.76. The molecule has 0 fully saturated rings. The van der Waals surface area contributed by atoms with Gasteiger partial charge in [0.05, 0.1) is 10.5 Å². The zero-order valence-corrected chi connectivity index (χ0v) is 13.5. The summed E-state index contributed by atoms with van der Waals surface area (Å²) in [5, 5.41) is 0.250. The zero-order chi connectivity index (χ0) is 17.3. The molecule has 2 aromatic carbocycles. The molecular weight excluding hydrogens is 351 g/mol. The molecule has 0 heterocycles. The fraction of sp³-hybridized carbons (Fsp3) is 0.200. The summed E-state index contributed by atoms with van der Waals surface area (Å²) in [6.45, 7) is 1.47. The van der Waals surface area contributed by atoms with Gasteiger partial charge >= 0.3 is 6.18 Å². The maximum atomic E-state index is 12.7. The van der Waals surface area contributed by atoms with Crippen molar-refractivity contribution in [1.29, 1.82) is 0 Å². The third-order valence-corrected chi connectivity index (χ3v) is 4.93. The topological polar surface area (TPSA) is 46.2 Å². The Balaban J connectivity index is 2.27. The summed E-state index contributed by atoms with van der Waals surface area (Å²) in [4.78, 5) is -0.0520. The van der Waals surface area contributed by atoms with Crippen LogP contribution in [0.15, 0.2) is 53.4 Å². The molecule has 0 saturated carbocycles. The van der Waals surface area contributed by atoms with Crippen LogP contribution in [0.25, 0.3) is 0 Å². The van der Waals surface area contributed by atoms with Crippen molar-refractivity contribution in [1.82, 2.24) is 4.72 Å². The van der Waals surface area contributed by atoms with Gasteiger partial charge in [0.15, 0.2) is 0 Å². The number of sulfonamides is 1. The van der Waals surface area contributed by atoms with Gasteiger partial charge in [-0.15, -0.1) is 0 Å². The van der Waals surface area contributed by atoms with Crippen molar-refractivity contribution in [3.63, 3.8) is 0 Å². The number of hydrogen-bond donors (Lipinski definition) is 1. The van der Waals surface area contributed by atoms with E-state index < -0.39 is 27.8 Å². The smallest absolute Gasteiger partial charge is 0.207 e. The van der Waals surface area contributed by atoms with E-state index in [9.17, 15) is 21.6 Å². The van der Waals surface area contributed by atoms with E-state index >= 15 is 0 Å². The summed E-state index contributed by atoms with van der Waals surface area (Å²) in [7, 11) is -3.89. The van der Waals surface area contributed by atoms with Crippen molar-refractivity contribution in [2.24, 2.45) is 0 Å². The molecule has 0 saturated heterocycles. The molecule has 2 aromatic rings. The molecule has 0 radical (unpaired) electrons. The first-order chi connectivity index (χ1) is 10.6. The van der Waals surface area contributed by atoms with Crippen LogP contribution < -0.4 is 4.72 Å². The molecule has 0 aliphatic rings. The lowest BCUT2D eigenvalue weighted by Crippen LogP contribution is -2.27. The minimum absolute atomic E-state index is 0.0520. The first-order valence-corrected chi connectivity index (χ1v) is 8.41. The molecular formula is C15H13ClF3NO2S. The highest BCUT2D eigenvalue weighted by atomic mass is 35.5. The Morgan fingerprint density at radius 2 is 1.74 bits per heavy atom. The zero-order valence-electron chi connectivity index (χ0n) is 11.9. The van der Waals surface area contributed by atoms with Gasteiger partial charge in [0.2, 0.25) is 10.0 Å². The van der Waals surface area contributed by atoms with Crippen LogP contribution in [0.1, 0.15) is 24.1 Å². The van der Waals surface area contributed by atoms with Gasteiger partial charge in [-0.1, -0.05) is 29.8 Å². The summed E-state index contributed by atoms with van der Waals surface area (Å²) in [6.07, 6.45) is -4.48. The number of halogens is 4. The fourth-order valence-corrected chi connectivity index (χ4v) is 3.52. The fourth-order valence-electron chi connectivity index (χ4n) is 1.99. The van der Waals surface area contributed by atoms with Crippen LogP contribution >= 0.6 is 11.6 Å². The highest BCUT2D eigenvalue weighted by Gasteiger charge is 2.31. The monoisotopic (exact) mass is 363 g/mol. The number of benzene rings is 2. The standard InChI is InChI=1S/C15H13ClF3NO2S/c1-10(11-4-2-5-12(8-11)15(17,18)19)20-23(21,22)14-7-3-6-13(16)9-14/h2-10,20H,1H3/t10-/m0/s1. The molecule has 1 atom stereocenters. The van der Waals surface area contributed by atoms with Crippen LogP contribution in [0.3, 0.4) is 0 Å². The van der Waals surface area contributed by atoms with Crippen LogP contribution in [0.5, 0.6) is 0 Å². The average molecular weight is 364 g/mol. The minimum atomic E-state index is -4.48. The normalized spacial score (nSPS) is 13.8. The molecule has 0 unspecified atom stereocenters. The number of hydrogen-bond acceptors (Lipinski definition) is 2. The van der Waals surface area contributed by atoms with Crippen LogP contribution in [-0.4, -0.2) is 8.42 Å². The van der Waals surface area contributed by atoms with E-state index in [1.54, 1.807) is 0 Å². The Morgan fingerprint density at radius 3 is 2.35 bits per heavy atom. The summed E-state index contributed by atoms with van der Waals surface area (Å²) in [5.74, 6) is 0. The highest BCUT2D eigenvalue weighted by Crippen LogP contribution is 2.31. The van der Waals surface area contributed by atoms with Crippen molar-refractivity contribution in [3.05, 3.63) is 64.7 Å². The summed E-state index contributed by atoms with van der Waals surface area (Å²) in [6, 6.07) is 9.31. The van der Waals surface area contributed by atoms with E-state index in [-0.39, 0.29) is 15.5 Å². The van der Waals surface area contributed by atoms with Gasteiger partial charge in [-0.3, -0.25) is 0 Å². The molecule has 8 heteroatoms. The second-order valence-electron chi connectivity index (χ2n) is 4.92. The van der Waals surface area contributed by atoms with Crippen molar-refractivity contribution in [2.75, 3.05) is 0 Å². The predicted octanol–water partition coefficient (Wildman–Crippen LogP) is 4.40. The number of alkyl halides is 3. The largest absolute Gasteiger partial charge is 0.416 e. The van der Waals surface area contributed by atoms with Crippen molar-refractivity contribution in [2.45, 2.75) is 24.0 Å². The van der Waals surface area contributed by atoms with Gasteiger partial charge in [-0.25, -0.2) is 13.1 Å².